The fraction of sp³-hybridized carbons (Fsp3) is 0.417. The third kappa shape index (κ3) is 1.14. The van der Waals surface area contributed by atoms with Gasteiger partial charge in [-0.15, -0.1) is 0 Å². The molecule has 0 amide bonds. The highest BCUT2D eigenvalue weighted by Gasteiger charge is 2.10. The van der Waals surface area contributed by atoms with Crippen LogP contribution in [0.4, 0.5) is 0 Å². The summed E-state index contributed by atoms with van der Waals surface area (Å²) in [6.45, 7) is 8.63. The molecule has 0 aliphatic heterocycles. The Hall–Kier alpha value is -1.31. The molecule has 0 aliphatic rings. The normalized spacial score (nSPS) is 11.1. The number of aryl methyl sites for hydroxylation is 3. The summed E-state index contributed by atoms with van der Waals surface area (Å²) < 4.78 is 0. The monoisotopic (exact) mass is 188 g/mol. The van der Waals surface area contributed by atoms with E-state index in [1.54, 1.807) is 0 Å². The second-order valence-electron chi connectivity index (χ2n) is 3.89. The average Bonchev–Trinajstić information content (AvgIpc) is 2.50. The molecule has 1 N–H and O–H groups in total. The van der Waals surface area contributed by atoms with Gasteiger partial charge in [0.2, 0.25) is 0 Å². The van der Waals surface area contributed by atoms with Crippen molar-refractivity contribution in [2.75, 3.05) is 0 Å². The Morgan fingerprint density at radius 1 is 1.29 bits per heavy atom. The summed E-state index contributed by atoms with van der Waals surface area (Å²) in [5, 5.41) is 8.67. The lowest BCUT2D eigenvalue weighted by atomic mass is 9.96. The predicted molar refractivity (Wildman–Crippen MR) is 59.7 cm³/mol. The smallest absolute Gasteiger partial charge is 0.0929 e. The van der Waals surface area contributed by atoms with Gasteiger partial charge >= 0.3 is 0 Å². The van der Waals surface area contributed by atoms with E-state index in [4.69, 9.17) is 0 Å². The number of hydrogen-bond acceptors (Lipinski definition) is 1. The van der Waals surface area contributed by atoms with Crippen LogP contribution in [0.2, 0.25) is 0 Å². The molecule has 1 aromatic carbocycles. The summed E-state index contributed by atoms with van der Waals surface area (Å²) in [5.41, 5.74) is 6.46. The zero-order valence-electron chi connectivity index (χ0n) is 9.23. The zero-order chi connectivity index (χ0) is 10.3. The van der Waals surface area contributed by atoms with Gasteiger partial charge in [0.1, 0.15) is 0 Å². The maximum atomic E-state index is 4.30. The van der Waals surface area contributed by atoms with Crippen LogP contribution >= 0.6 is 0 Å². The molecule has 0 bridgehead atoms. The van der Waals surface area contributed by atoms with Gasteiger partial charge in [-0.25, -0.2) is 0 Å². The van der Waals surface area contributed by atoms with Crippen molar-refractivity contribution in [2.24, 2.45) is 0 Å². The molecule has 0 radical (unpaired) electrons. The first-order valence-electron chi connectivity index (χ1n) is 5.09. The summed E-state index contributed by atoms with van der Waals surface area (Å²) in [6, 6.07) is 2.16. The third-order valence-corrected chi connectivity index (χ3v) is 3.03. The molecule has 2 rings (SSSR count). The quantitative estimate of drug-likeness (QED) is 0.732. The lowest BCUT2D eigenvalue weighted by Crippen LogP contribution is -1.92. The highest BCUT2D eigenvalue weighted by molar-refractivity contribution is 5.86. The van der Waals surface area contributed by atoms with Crippen molar-refractivity contribution in [3.8, 4) is 0 Å². The molecule has 0 spiro atoms. The minimum atomic E-state index is 1.07. The summed E-state index contributed by atoms with van der Waals surface area (Å²) >= 11 is 0. The van der Waals surface area contributed by atoms with Gasteiger partial charge in [-0.1, -0.05) is 6.92 Å². The number of H-pyrrole nitrogens is 1. The van der Waals surface area contributed by atoms with Crippen molar-refractivity contribution in [2.45, 2.75) is 34.1 Å². The van der Waals surface area contributed by atoms with Crippen LogP contribution in [0.3, 0.4) is 0 Å². The Balaban J connectivity index is 2.92. The van der Waals surface area contributed by atoms with Crippen LogP contribution < -0.4 is 0 Å². The SMILES string of the molecule is CCc1c(C)c(C)cc2n[nH]c(C)c12. The van der Waals surface area contributed by atoms with Gasteiger partial charge in [0.25, 0.3) is 0 Å². The second kappa shape index (κ2) is 3.12. The number of hydrogen-bond donors (Lipinski definition) is 1. The van der Waals surface area contributed by atoms with Crippen LogP contribution in [0.5, 0.6) is 0 Å². The molecule has 2 nitrogen and oxygen atoms in total. The van der Waals surface area contributed by atoms with E-state index in [1.165, 1.54) is 27.8 Å². The van der Waals surface area contributed by atoms with Gasteiger partial charge in [0.15, 0.2) is 0 Å². The van der Waals surface area contributed by atoms with Crippen LogP contribution in [0.1, 0.15) is 29.3 Å². The fourth-order valence-corrected chi connectivity index (χ4v) is 2.11. The molecule has 0 saturated carbocycles. The molecule has 0 unspecified atom stereocenters. The molecule has 1 aromatic heterocycles. The lowest BCUT2D eigenvalue weighted by molar-refractivity contribution is 1.07. The molecule has 74 valence electrons. The fourth-order valence-electron chi connectivity index (χ4n) is 2.11. The van der Waals surface area contributed by atoms with Crippen molar-refractivity contribution < 1.29 is 0 Å². The van der Waals surface area contributed by atoms with Gasteiger partial charge < -0.3 is 0 Å². The van der Waals surface area contributed by atoms with E-state index in [9.17, 15) is 0 Å². The Kier molecular flexibility index (Phi) is 2.06. The molecular weight excluding hydrogens is 172 g/mol. The number of nitrogens with one attached hydrogen (secondary N) is 1. The first-order valence-corrected chi connectivity index (χ1v) is 5.09. The van der Waals surface area contributed by atoms with Gasteiger partial charge in [0, 0.05) is 11.1 Å². The van der Waals surface area contributed by atoms with E-state index in [0.717, 1.165) is 11.9 Å². The summed E-state index contributed by atoms with van der Waals surface area (Å²) in [7, 11) is 0. The molecule has 1 heterocycles. The Labute approximate surface area is 84.3 Å². The molecule has 0 atom stereocenters. The molecule has 0 fully saturated rings. The number of aromatic amines is 1. The van der Waals surface area contributed by atoms with E-state index in [1.807, 2.05) is 0 Å². The van der Waals surface area contributed by atoms with Gasteiger partial charge in [-0.05, 0) is 49.9 Å². The van der Waals surface area contributed by atoms with Crippen LogP contribution in [0.15, 0.2) is 6.07 Å². The van der Waals surface area contributed by atoms with Gasteiger partial charge in [0.05, 0.1) is 5.52 Å². The maximum absolute atomic E-state index is 4.30. The average molecular weight is 188 g/mol. The van der Waals surface area contributed by atoms with Crippen molar-refractivity contribution in [3.05, 3.63) is 28.5 Å². The predicted octanol–water partition coefficient (Wildman–Crippen LogP) is 3.05. The van der Waals surface area contributed by atoms with Crippen molar-refractivity contribution >= 4 is 10.9 Å². The third-order valence-electron chi connectivity index (χ3n) is 3.03. The van der Waals surface area contributed by atoms with Crippen LogP contribution in [0, 0.1) is 20.8 Å². The van der Waals surface area contributed by atoms with Crippen LogP contribution in [-0.2, 0) is 6.42 Å². The Bertz CT molecular complexity index is 481. The summed E-state index contributed by atoms with van der Waals surface area (Å²) in [6.07, 6.45) is 1.07. The van der Waals surface area contributed by atoms with Crippen molar-refractivity contribution in [3.63, 3.8) is 0 Å². The number of benzene rings is 1. The Morgan fingerprint density at radius 3 is 2.64 bits per heavy atom. The molecule has 0 aliphatic carbocycles. The highest BCUT2D eigenvalue weighted by Crippen LogP contribution is 2.26. The minimum Gasteiger partial charge on any atom is -0.282 e. The van der Waals surface area contributed by atoms with E-state index in [0.29, 0.717) is 0 Å². The molecule has 2 aromatic rings. The van der Waals surface area contributed by atoms with E-state index in [2.05, 4.69) is 44.0 Å². The van der Waals surface area contributed by atoms with Crippen LogP contribution in [-0.4, -0.2) is 10.2 Å². The largest absolute Gasteiger partial charge is 0.282 e. The summed E-state index contributed by atoms with van der Waals surface area (Å²) in [5.74, 6) is 0. The number of rotatable bonds is 1. The number of nitrogens with zero attached hydrogens (tertiary/aromatic N) is 1. The molecule has 2 heteroatoms. The number of fused-ring (bicyclic) bond motifs is 1. The minimum absolute atomic E-state index is 1.07. The van der Waals surface area contributed by atoms with Crippen molar-refractivity contribution in [1.29, 1.82) is 0 Å². The van der Waals surface area contributed by atoms with E-state index in [-0.39, 0.29) is 0 Å². The van der Waals surface area contributed by atoms with E-state index >= 15 is 0 Å². The van der Waals surface area contributed by atoms with Crippen LogP contribution in [0.25, 0.3) is 10.9 Å². The highest BCUT2D eigenvalue weighted by atomic mass is 15.1. The Morgan fingerprint density at radius 2 is 2.00 bits per heavy atom. The molecule has 14 heavy (non-hydrogen) atoms. The zero-order valence-corrected chi connectivity index (χ0v) is 9.23. The second-order valence-corrected chi connectivity index (χ2v) is 3.89. The molecular formula is C12H16N2. The first-order chi connectivity index (χ1) is 6.65. The lowest BCUT2D eigenvalue weighted by Gasteiger charge is -2.08. The standard InChI is InChI=1S/C12H16N2/c1-5-10-8(3)7(2)6-11-12(10)9(4)13-14-11/h6H,5H2,1-4H3,(H,13,14). The maximum Gasteiger partial charge on any atom is 0.0929 e. The first kappa shape index (κ1) is 9.25. The number of aromatic nitrogens is 2. The van der Waals surface area contributed by atoms with Gasteiger partial charge in [-0.3, -0.25) is 5.10 Å². The van der Waals surface area contributed by atoms with Gasteiger partial charge in [-0.2, -0.15) is 5.10 Å². The molecule has 0 saturated heterocycles. The van der Waals surface area contributed by atoms with E-state index < -0.39 is 0 Å². The summed E-state index contributed by atoms with van der Waals surface area (Å²) in [4.78, 5) is 0. The van der Waals surface area contributed by atoms with Crippen molar-refractivity contribution in [1.82, 2.24) is 10.2 Å². The topological polar surface area (TPSA) is 28.7 Å².